The van der Waals surface area contributed by atoms with Gasteiger partial charge in [0.1, 0.15) is 0 Å². The number of amides is 2. The molecule has 2 aromatic heterocycles. The molecular weight excluding hydrogens is 599 g/mol. The van der Waals surface area contributed by atoms with Crippen LogP contribution in [0.2, 0.25) is 18.1 Å². The van der Waals surface area contributed by atoms with Gasteiger partial charge in [0.05, 0.1) is 40.9 Å². The van der Waals surface area contributed by atoms with Crippen LogP contribution in [0.15, 0.2) is 42.7 Å². The molecule has 0 saturated carbocycles. The summed E-state index contributed by atoms with van der Waals surface area (Å²) < 4.78 is 6.79. The lowest BCUT2D eigenvalue weighted by Crippen LogP contribution is -2.62. The van der Waals surface area contributed by atoms with Crippen LogP contribution < -0.4 is 21.3 Å². The third-order valence-corrected chi connectivity index (χ3v) is 14.6. The van der Waals surface area contributed by atoms with E-state index in [0.29, 0.717) is 30.4 Å². The molecule has 5 N–H and O–H groups in total. The van der Waals surface area contributed by atoms with Gasteiger partial charge < -0.3 is 35.7 Å². The van der Waals surface area contributed by atoms with Crippen molar-refractivity contribution < 1.29 is 19.1 Å². The maximum Gasteiger partial charge on any atom is 0.405 e. The number of carbonyl (C=O) groups is 2. The maximum absolute atomic E-state index is 13.7. The van der Waals surface area contributed by atoms with Gasteiger partial charge in [-0.25, -0.2) is 9.78 Å². The van der Waals surface area contributed by atoms with Crippen molar-refractivity contribution in [3.8, 4) is 0 Å². The molecule has 0 unspecified atom stereocenters. The zero-order valence-corrected chi connectivity index (χ0v) is 29.1. The first kappa shape index (κ1) is 33.6. The molecule has 12 heteroatoms. The van der Waals surface area contributed by atoms with Gasteiger partial charge in [0, 0.05) is 30.6 Å². The molecule has 0 aliphatic carbocycles. The predicted octanol–water partition coefficient (Wildman–Crippen LogP) is 5.76. The molecule has 2 aliphatic rings. The van der Waals surface area contributed by atoms with Crippen LogP contribution in [-0.4, -0.2) is 85.7 Å². The number of fused-ring (bicyclic) bond motifs is 1. The monoisotopic (exact) mass is 647 g/mol. The first-order valence-corrected chi connectivity index (χ1v) is 19.1. The minimum absolute atomic E-state index is 0.00741. The molecule has 2 saturated heterocycles. The largest absolute Gasteiger partial charge is 0.465 e. The van der Waals surface area contributed by atoms with Crippen molar-refractivity contribution in [1.29, 1.82) is 0 Å². The first-order valence-electron chi connectivity index (χ1n) is 16.2. The van der Waals surface area contributed by atoms with Gasteiger partial charge in [-0.1, -0.05) is 39.8 Å². The second-order valence-corrected chi connectivity index (χ2v) is 19.3. The van der Waals surface area contributed by atoms with E-state index in [0.717, 1.165) is 42.5 Å². The normalized spacial score (nSPS) is 21.7. The Morgan fingerprint density at radius 3 is 2.50 bits per heavy atom. The van der Waals surface area contributed by atoms with E-state index in [1.54, 1.807) is 18.5 Å². The Labute approximate surface area is 273 Å². The summed E-state index contributed by atoms with van der Waals surface area (Å²) >= 11 is 0. The van der Waals surface area contributed by atoms with E-state index in [1.165, 1.54) is 5.56 Å². The van der Waals surface area contributed by atoms with Crippen molar-refractivity contribution in [2.75, 3.05) is 49.2 Å². The van der Waals surface area contributed by atoms with Crippen LogP contribution in [0.1, 0.15) is 62.5 Å². The van der Waals surface area contributed by atoms with Crippen molar-refractivity contribution in [3.05, 3.63) is 54.0 Å². The van der Waals surface area contributed by atoms with E-state index in [1.807, 2.05) is 12.1 Å². The van der Waals surface area contributed by atoms with Gasteiger partial charge in [0.15, 0.2) is 14.0 Å². The minimum Gasteiger partial charge on any atom is -0.465 e. The summed E-state index contributed by atoms with van der Waals surface area (Å²) in [6, 6.07) is 9.44. The number of hydrogen-bond donors (Lipinski definition) is 4. The van der Waals surface area contributed by atoms with E-state index >= 15 is 0 Å². The number of piperidine rings is 2. The van der Waals surface area contributed by atoms with Crippen LogP contribution in [0.4, 0.5) is 21.9 Å². The summed E-state index contributed by atoms with van der Waals surface area (Å²) in [6.45, 7) is 16.1. The van der Waals surface area contributed by atoms with Gasteiger partial charge >= 0.3 is 6.09 Å². The number of aromatic nitrogens is 2. The third-order valence-electron chi connectivity index (χ3n) is 10.1. The molecule has 2 fully saturated rings. The van der Waals surface area contributed by atoms with Gasteiger partial charge in [0.25, 0.3) is 5.91 Å². The molecule has 0 radical (unpaired) electrons. The molecule has 2 aliphatic heterocycles. The summed E-state index contributed by atoms with van der Waals surface area (Å²) in [5.41, 5.74) is 10.0. The molecule has 3 atom stereocenters. The molecule has 4 heterocycles. The standard InChI is InChI=1S/C34H49N7O4Si/c1-21-19-41(20-28(39-33(43)44)31(21)45-46(6,7)34(2,3)4)29-10-13-36-18-27(29)38-32(42)30-25(35)16-24-9-8-23(17-26(24)37-30)22-11-14-40(5)15-12-22/h8-10,13,16-18,21-22,28,31,39H,11-12,14-15,19-20,35H2,1-7H3,(H,38,42)(H,43,44)/t21-,28+,31-/m0/s1. The minimum atomic E-state index is -2.18. The zero-order chi connectivity index (χ0) is 33.4. The molecule has 1 aromatic carbocycles. The highest BCUT2D eigenvalue weighted by Crippen LogP contribution is 2.40. The highest BCUT2D eigenvalue weighted by molar-refractivity contribution is 6.74. The lowest BCUT2D eigenvalue weighted by Gasteiger charge is -2.48. The lowest BCUT2D eigenvalue weighted by atomic mass is 9.89. The van der Waals surface area contributed by atoms with Crippen molar-refractivity contribution in [2.24, 2.45) is 5.92 Å². The van der Waals surface area contributed by atoms with E-state index in [-0.39, 0.29) is 22.8 Å². The fourth-order valence-electron chi connectivity index (χ4n) is 6.38. The van der Waals surface area contributed by atoms with Crippen molar-refractivity contribution in [2.45, 2.75) is 76.7 Å². The molecule has 2 amide bonds. The van der Waals surface area contributed by atoms with Crippen molar-refractivity contribution >= 4 is 48.3 Å². The Bertz CT molecular complexity index is 1590. The SMILES string of the molecule is C[C@H]1CN(c2ccncc2NC(=O)c2nc3cc(C4CCN(C)CC4)ccc3cc2N)C[C@@H](NC(=O)O)[C@H]1O[Si](C)(C)C(C)(C)C. The fraction of sp³-hybridized carbons (Fsp3) is 0.529. The van der Waals surface area contributed by atoms with Crippen LogP contribution in [0.3, 0.4) is 0 Å². The van der Waals surface area contributed by atoms with E-state index in [9.17, 15) is 14.7 Å². The number of pyridine rings is 2. The number of benzene rings is 1. The van der Waals surface area contributed by atoms with Crippen LogP contribution in [-0.2, 0) is 4.43 Å². The van der Waals surface area contributed by atoms with Gasteiger partial charge in [-0.15, -0.1) is 0 Å². The topological polar surface area (TPSA) is 146 Å². The van der Waals surface area contributed by atoms with Crippen LogP contribution >= 0.6 is 0 Å². The van der Waals surface area contributed by atoms with E-state index < -0.39 is 26.4 Å². The molecule has 0 bridgehead atoms. The van der Waals surface area contributed by atoms with Gasteiger partial charge in [-0.3, -0.25) is 9.78 Å². The van der Waals surface area contributed by atoms with E-state index in [4.69, 9.17) is 15.1 Å². The number of carboxylic acid groups (broad SMARTS) is 1. The van der Waals surface area contributed by atoms with Gasteiger partial charge in [-0.05, 0) is 80.8 Å². The number of carbonyl (C=O) groups excluding carboxylic acids is 1. The fourth-order valence-corrected chi connectivity index (χ4v) is 7.81. The van der Waals surface area contributed by atoms with Crippen LogP contribution in [0.5, 0.6) is 0 Å². The Balaban J connectivity index is 1.38. The van der Waals surface area contributed by atoms with Crippen LogP contribution in [0.25, 0.3) is 10.9 Å². The summed E-state index contributed by atoms with van der Waals surface area (Å²) in [5, 5.41) is 16.3. The number of nitrogens with two attached hydrogens (primary N) is 1. The molecule has 46 heavy (non-hydrogen) atoms. The number of rotatable bonds is 7. The number of likely N-dealkylation sites (tertiary alicyclic amines) is 1. The van der Waals surface area contributed by atoms with E-state index in [2.05, 4.69) is 85.4 Å². The molecule has 248 valence electrons. The maximum atomic E-state index is 13.7. The predicted molar refractivity (Wildman–Crippen MR) is 186 cm³/mol. The first-order chi connectivity index (χ1) is 21.6. The quantitative estimate of drug-likeness (QED) is 0.235. The Kier molecular flexibility index (Phi) is 9.62. The van der Waals surface area contributed by atoms with Crippen molar-refractivity contribution in [3.63, 3.8) is 0 Å². The number of hydrogen-bond acceptors (Lipinski definition) is 8. The number of anilines is 3. The molecular formula is C34H49N7O4Si. The van der Waals surface area contributed by atoms with Gasteiger partial charge in [-0.2, -0.15) is 0 Å². The summed E-state index contributed by atoms with van der Waals surface area (Å²) in [5.74, 6) is 0.0455. The Morgan fingerprint density at radius 1 is 1.11 bits per heavy atom. The van der Waals surface area contributed by atoms with Crippen molar-refractivity contribution in [1.82, 2.24) is 20.2 Å². The second kappa shape index (κ2) is 13.2. The highest BCUT2D eigenvalue weighted by Gasteiger charge is 2.45. The molecule has 11 nitrogen and oxygen atoms in total. The molecule has 3 aromatic rings. The molecule has 0 spiro atoms. The number of nitrogens with one attached hydrogen (secondary N) is 2. The van der Waals surface area contributed by atoms with Gasteiger partial charge in [0.2, 0.25) is 0 Å². The number of nitrogen functional groups attached to an aromatic ring is 1. The Morgan fingerprint density at radius 2 is 1.83 bits per heavy atom. The van der Waals surface area contributed by atoms with Crippen LogP contribution in [0, 0.1) is 5.92 Å². The third kappa shape index (κ3) is 7.29. The lowest BCUT2D eigenvalue weighted by molar-refractivity contribution is 0.0722. The summed E-state index contributed by atoms with van der Waals surface area (Å²) in [7, 11) is -0.0284. The second-order valence-electron chi connectivity index (χ2n) is 14.6. The smallest absolute Gasteiger partial charge is 0.405 e. The highest BCUT2D eigenvalue weighted by atomic mass is 28.4. The zero-order valence-electron chi connectivity index (χ0n) is 28.1. The number of nitrogens with zero attached hydrogens (tertiary/aromatic N) is 4. The summed E-state index contributed by atoms with van der Waals surface area (Å²) in [6.07, 6.45) is 4.08. The Hall–Kier alpha value is -3.74. The summed E-state index contributed by atoms with van der Waals surface area (Å²) in [4.78, 5) is 39.0. The average Bonchev–Trinajstić information content (AvgIpc) is 2.98. The molecule has 5 rings (SSSR count). The average molecular weight is 648 g/mol.